The lowest BCUT2D eigenvalue weighted by atomic mass is 10.1. The van der Waals surface area contributed by atoms with Crippen molar-refractivity contribution < 1.29 is 14.7 Å². The van der Waals surface area contributed by atoms with E-state index < -0.39 is 6.04 Å². The molecule has 32 heavy (non-hydrogen) atoms. The molecule has 6 nitrogen and oxygen atoms in total. The van der Waals surface area contributed by atoms with E-state index in [-0.39, 0.29) is 36.6 Å². The number of phenolic OH excluding ortho intramolecular Hbond substituents is 1. The Morgan fingerprint density at radius 2 is 1.94 bits per heavy atom. The highest BCUT2D eigenvalue weighted by Gasteiger charge is 2.41. The van der Waals surface area contributed by atoms with Gasteiger partial charge < -0.3 is 15.3 Å². The molecule has 1 fully saturated rings. The summed E-state index contributed by atoms with van der Waals surface area (Å²) in [6.07, 6.45) is 9.26. The number of hydrogen-bond acceptors (Lipinski definition) is 4. The van der Waals surface area contributed by atoms with Crippen LogP contribution >= 0.6 is 0 Å². The van der Waals surface area contributed by atoms with Crippen molar-refractivity contribution in [2.45, 2.75) is 37.8 Å². The number of rotatable bonds is 11. The Kier molecular flexibility index (Phi) is 7.97. The first-order chi connectivity index (χ1) is 15.5. The third-order valence-corrected chi connectivity index (χ3v) is 5.35. The minimum Gasteiger partial charge on any atom is -0.508 e. The van der Waals surface area contributed by atoms with Crippen LogP contribution in [0.5, 0.6) is 5.75 Å². The van der Waals surface area contributed by atoms with E-state index in [0.717, 1.165) is 24.0 Å². The summed E-state index contributed by atoms with van der Waals surface area (Å²) >= 11 is 0. The third kappa shape index (κ3) is 6.17. The topological polar surface area (TPSA) is 82.5 Å². The SMILES string of the molecule is C=C/C=C(\C=C)CNC(=O)C(c1ccccn1)N(C(=O)CCc1ccc(O)cc1)C1CC1. The first-order valence-electron chi connectivity index (χ1n) is 10.7. The van der Waals surface area contributed by atoms with Gasteiger partial charge in [-0.3, -0.25) is 14.6 Å². The number of phenols is 1. The van der Waals surface area contributed by atoms with Crippen molar-refractivity contribution in [1.29, 1.82) is 0 Å². The molecule has 1 aliphatic carbocycles. The Hall–Kier alpha value is -3.67. The van der Waals surface area contributed by atoms with Gasteiger partial charge in [0, 0.05) is 25.2 Å². The average Bonchev–Trinajstić information content (AvgIpc) is 3.65. The number of carbonyl (C=O) groups is 2. The van der Waals surface area contributed by atoms with Gasteiger partial charge in [0.25, 0.3) is 0 Å². The van der Waals surface area contributed by atoms with Crippen LogP contribution in [0.1, 0.15) is 36.6 Å². The highest BCUT2D eigenvalue weighted by Crippen LogP contribution is 2.35. The monoisotopic (exact) mass is 431 g/mol. The van der Waals surface area contributed by atoms with Gasteiger partial charge in [0.15, 0.2) is 6.04 Å². The fourth-order valence-electron chi connectivity index (χ4n) is 3.53. The van der Waals surface area contributed by atoms with Crippen LogP contribution in [0.2, 0.25) is 0 Å². The van der Waals surface area contributed by atoms with E-state index in [1.807, 2.05) is 6.07 Å². The standard InChI is InChI=1S/C26H29N3O3/c1-3-7-19(4-2)18-28-26(32)25(23-8-5-6-17-27-23)29(21-12-13-21)24(31)16-11-20-9-14-22(30)15-10-20/h3-10,14-15,17,21,25,30H,1-2,11-13,16,18H2,(H,28,32)/b19-7+. The maximum Gasteiger partial charge on any atom is 0.249 e. The summed E-state index contributed by atoms with van der Waals surface area (Å²) in [6, 6.07) is 11.4. The quantitative estimate of drug-likeness (QED) is 0.529. The number of nitrogens with zero attached hydrogens (tertiary/aromatic N) is 2. The smallest absolute Gasteiger partial charge is 0.249 e. The molecule has 0 bridgehead atoms. The normalized spacial score (nSPS) is 14.3. The van der Waals surface area contributed by atoms with Gasteiger partial charge in [-0.25, -0.2) is 0 Å². The Morgan fingerprint density at radius 1 is 1.19 bits per heavy atom. The Bertz CT molecular complexity index is 979. The summed E-state index contributed by atoms with van der Waals surface area (Å²) in [5, 5.41) is 12.4. The number of amides is 2. The summed E-state index contributed by atoms with van der Waals surface area (Å²) in [5.74, 6) is -0.168. The maximum atomic E-state index is 13.3. The largest absolute Gasteiger partial charge is 0.508 e. The van der Waals surface area contributed by atoms with Crippen LogP contribution in [0.4, 0.5) is 0 Å². The molecule has 0 radical (unpaired) electrons. The van der Waals surface area contributed by atoms with Crippen LogP contribution in [0.15, 0.2) is 85.6 Å². The predicted molar refractivity (Wildman–Crippen MR) is 125 cm³/mol. The second-order valence-electron chi connectivity index (χ2n) is 7.75. The maximum absolute atomic E-state index is 13.3. The van der Waals surface area contributed by atoms with Crippen LogP contribution in [0.3, 0.4) is 0 Å². The van der Waals surface area contributed by atoms with Gasteiger partial charge in [-0.05, 0) is 54.7 Å². The summed E-state index contributed by atoms with van der Waals surface area (Å²) in [4.78, 5) is 32.7. The Balaban J connectivity index is 1.80. The van der Waals surface area contributed by atoms with Gasteiger partial charge in [0.2, 0.25) is 11.8 Å². The molecule has 1 heterocycles. The fraction of sp³-hybridized carbons (Fsp3) is 0.269. The van der Waals surface area contributed by atoms with E-state index in [2.05, 4.69) is 23.5 Å². The Labute approximate surface area is 189 Å². The van der Waals surface area contributed by atoms with E-state index in [9.17, 15) is 14.7 Å². The van der Waals surface area contributed by atoms with E-state index in [0.29, 0.717) is 12.1 Å². The number of aromatic hydroxyl groups is 1. The molecule has 2 amide bonds. The molecule has 3 rings (SSSR count). The van der Waals surface area contributed by atoms with Crippen molar-refractivity contribution in [2.75, 3.05) is 6.54 Å². The molecular weight excluding hydrogens is 402 g/mol. The molecule has 0 saturated heterocycles. The summed E-state index contributed by atoms with van der Waals surface area (Å²) < 4.78 is 0. The Morgan fingerprint density at radius 3 is 2.53 bits per heavy atom. The summed E-state index contributed by atoms with van der Waals surface area (Å²) in [6.45, 7) is 7.73. The second-order valence-corrected chi connectivity index (χ2v) is 7.75. The van der Waals surface area contributed by atoms with Gasteiger partial charge in [-0.2, -0.15) is 0 Å². The molecular formula is C26H29N3O3. The lowest BCUT2D eigenvalue weighted by Crippen LogP contribution is -2.45. The second kappa shape index (κ2) is 11.1. The third-order valence-electron chi connectivity index (χ3n) is 5.35. The molecule has 1 aliphatic rings. The van der Waals surface area contributed by atoms with Gasteiger partial charge in [-0.15, -0.1) is 0 Å². The molecule has 1 aromatic carbocycles. The number of carbonyl (C=O) groups excluding carboxylic acids is 2. The highest BCUT2D eigenvalue weighted by molar-refractivity contribution is 5.89. The van der Waals surface area contributed by atoms with Gasteiger partial charge in [-0.1, -0.05) is 49.6 Å². The molecule has 166 valence electrons. The van der Waals surface area contributed by atoms with E-state index in [4.69, 9.17) is 0 Å². The zero-order valence-corrected chi connectivity index (χ0v) is 18.1. The number of nitrogens with one attached hydrogen (secondary N) is 1. The van der Waals surface area contributed by atoms with Crippen molar-refractivity contribution in [3.05, 3.63) is 96.9 Å². The molecule has 2 aromatic rings. The van der Waals surface area contributed by atoms with Gasteiger partial charge in [0.05, 0.1) is 5.69 Å². The van der Waals surface area contributed by atoms with Crippen LogP contribution in [0, 0.1) is 0 Å². The number of hydrogen-bond donors (Lipinski definition) is 2. The van der Waals surface area contributed by atoms with Crippen molar-refractivity contribution in [1.82, 2.24) is 15.2 Å². The van der Waals surface area contributed by atoms with Gasteiger partial charge in [0.1, 0.15) is 5.75 Å². The minimum atomic E-state index is -0.800. The molecule has 1 unspecified atom stereocenters. The molecule has 0 aliphatic heterocycles. The van der Waals surface area contributed by atoms with Crippen LogP contribution in [-0.4, -0.2) is 39.4 Å². The molecule has 1 atom stereocenters. The lowest BCUT2D eigenvalue weighted by Gasteiger charge is -2.31. The summed E-state index contributed by atoms with van der Waals surface area (Å²) in [7, 11) is 0. The number of aromatic nitrogens is 1. The van der Waals surface area contributed by atoms with Gasteiger partial charge >= 0.3 is 0 Å². The first kappa shape index (κ1) is 23.0. The van der Waals surface area contributed by atoms with Crippen molar-refractivity contribution >= 4 is 11.8 Å². The van der Waals surface area contributed by atoms with Crippen molar-refractivity contribution in [2.24, 2.45) is 0 Å². The number of benzene rings is 1. The molecule has 2 N–H and O–H groups in total. The number of pyridine rings is 1. The molecule has 0 spiro atoms. The minimum absolute atomic E-state index is 0.0302. The van der Waals surface area contributed by atoms with Crippen LogP contribution < -0.4 is 5.32 Å². The van der Waals surface area contributed by atoms with Crippen molar-refractivity contribution in [3.63, 3.8) is 0 Å². The summed E-state index contributed by atoms with van der Waals surface area (Å²) in [5.41, 5.74) is 2.32. The first-order valence-corrected chi connectivity index (χ1v) is 10.7. The van der Waals surface area contributed by atoms with E-state index >= 15 is 0 Å². The van der Waals surface area contributed by atoms with Crippen molar-refractivity contribution in [3.8, 4) is 5.75 Å². The highest BCUT2D eigenvalue weighted by atomic mass is 16.3. The zero-order chi connectivity index (χ0) is 22.9. The van der Waals surface area contributed by atoms with Crippen LogP contribution in [0.25, 0.3) is 0 Å². The van der Waals surface area contributed by atoms with E-state index in [1.54, 1.807) is 65.7 Å². The average molecular weight is 432 g/mol. The molecule has 1 aromatic heterocycles. The molecule has 6 heteroatoms. The number of allylic oxidation sites excluding steroid dienone is 2. The van der Waals surface area contributed by atoms with Crippen LogP contribution in [-0.2, 0) is 16.0 Å². The molecule has 1 saturated carbocycles. The zero-order valence-electron chi connectivity index (χ0n) is 18.1. The predicted octanol–water partition coefficient (Wildman–Crippen LogP) is 3.87. The van der Waals surface area contributed by atoms with E-state index in [1.165, 1.54) is 0 Å². The fourth-order valence-corrected chi connectivity index (χ4v) is 3.53. The lowest BCUT2D eigenvalue weighted by molar-refractivity contribution is -0.141. The number of aryl methyl sites for hydroxylation is 1.